The molecule has 0 saturated carbocycles. The van der Waals surface area contributed by atoms with Crippen molar-refractivity contribution >= 4 is 58.8 Å². The molecular weight excluding hydrogens is 770 g/mol. The van der Waals surface area contributed by atoms with E-state index in [2.05, 4.69) is 27.9 Å². The molecule has 7 rings (SSSR count). The Morgan fingerprint density at radius 3 is 2.19 bits per heavy atom. The number of hydrogen-bond acceptors (Lipinski definition) is 15. The number of phosphoric acid groups is 3. The first-order valence-corrected chi connectivity index (χ1v) is 21.3. The summed E-state index contributed by atoms with van der Waals surface area (Å²) in [4.78, 5) is 52.8. The first-order valence-electron chi connectivity index (χ1n) is 15.1. The summed E-state index contributed by atoms with van der Waals surface area (Å²) >= 11 is 0. The minimum absolute atomic E-state index is 0.0978. The Bertz CT molecular complexity index is 2320. The molecule has 24 heteroatoms. The van der Waals surface area contributed by atoms with Crippen LogP contribution < -0.4 is 5.73 Å². The third kappa shape index (κ3) is 8.27. The number of hydrogen-bond donors (Lipinski definition) is 5. The van der Waals surface area contributed by atoms with E-state index in [-0.39, 0.29) is 22.5 Å². The lowest BCUT2D eigenvalue weighted by Gasteiger charge is -2.23. The van der Waals surface area contributed by atoms with Crippen LogP contribution in [0.3, 0.4) is 0 Å². The van der Waals surface area contributed by atoms with Crippen molar-refractivity contribution in [3.05, 3.63) is 96.6 Å². The van der Waals surface area contributed by atoms with Gasteiger partial charge in [0.05, 0.1) is 19.1 Å². The molecule has 6 unspecified atom stereocenters. The number of imidazole rings is 1. The summed E-state index contributed by atoms with van der Waals surface area (Å²) in [5.74, 6) is 0.0978. The van der Waals surface area contributed by atoms with Crippen LogP contribution in [0.15, 0.2) is 85.5 Å². The molecule has 2 aromatic heterocycles. The molecule has 5 aromatic rings. The second kappa shape index (κ2) is 14.2. The van der Waals surface area contributed by atoms with Crippen molar-refractivity contribution in [2.24, 2.45) is 0 Å². The molecule has 2 saturated heterocycles. The van der Waals surface area contributed by atoms with E-state index in [9.17, 15) is 37.8 Å². The Morgan fingerprint density at radius 2 is 1.42 bits per heavy atom. The van der Waals surface area contributed by atoms with Gasteiger partial charge in [0.25, 0.3) is 0 Å². The Balaban J connectivity index is 1.06. The van der Waals surface area contributed by atoms with Crippen LogP contribution in [-0.2, 0) is 56.1 Å². The zero-order valence-corrected chi connectivity index (χ0v) is 29.9. The van der Waals surface area contributed by atoms with E-state index in [0.29, 0.717) is 5.56 Å². The van der Waals surface area contributed by atoms with E-state index in [0.717, 1.165) is 10.8 Å². The number of anilines is 1. The van der Waals surface area contributed by atoms with Crippen LogP contribution in [0.1, 0.15) is 23.6 Å². The molecule has 2 fully saturated rings. The summed E-state index contributed by atoms with van der Waals surface area (Å²) in [5.41, 5.74) is 7.37. The molecule has 0 amide bonds. The maximum Gasteiger partial charge on any atom is 0.490 e. The van der Waals surface area contributed by atoms with Gasteiger partial charge < -0.3 is 39.5 Å². The van der Waals surface area contributed by atoms with E-state index >= 15 is 0 Å². The van der Waals surface area contributed by atoms with Crippen molar-refractivity contribution < 1.29 is 69.5 Å². The number of ether oxygens (including phenoxy) is 3. The van der Waals surface area contributed by atoms with Crippen molar-refractivity contribution in [2.45, 2.75) is 37.0 Å². The van der Waals surface area contributed by atoms with E-state index < -0.39 is 74.7 Å². The molecule has 0 spiro atoms. The molecule has 4 heterocycles. The second-order valence-corrected chi connectivity index (χ2v) is 18.1. The average molecular weight is 799 g/mol. The van der Waals surface area contributed by atoms with Gasteiger partial charge in [0.2, 0.25) is 0 Å². The molecule has 6 N–H and O–H groups in total. The fourth-order valence-corrected chi connectivity index (χ4v) is 11.3. The molecule has 0 bridgehead atoms. The number of rotatable bonds is 13. The molecule has 0 aliphatic carbocycles. The first-order chi connectivity index (χ1) is 24.6. The highest BCUT2D eigenvalue weighted by Gasteiger charge is 2.55. The molecule has 3 aromatic carbocycles. The predicted octanol–water partition coefficient (Wildman–Crippen LogP) is 4.70. The van der Waals surface area contributed by atoms with Crippen LogP contribution >= 0.6 is 31.1 Å². The highest BCUT2D eigenvalue weighted by Crippen LogP contribution is 2.71. The molecule has 276 valence electrons. The van der Waals surface area contributed by atoms with Crippen LogP contribution in [0.4, 0.5) is 5.82 Å². The number of nitrogens with two attached hydrogens (primary N) is 1. The highest BCUT2D eigenvalue weighted by molar-refractivity contribution is 7.70. The van der Waals surface area contributed by atoms with E-state index in [1.54, 1.807) is 6.07 Å². The van der Waals surface area contributed by atoms with E-state index in [1.165, 1.54) is 41.5 Å². The van der Waals surface area contributed by atoms with Crippen molar-refractivity contribution in [2.75, 3.05) is 12.3 Å². The number of fused-ring (bicyclic) bond motifs is 3. The van der Waals surface area contributed by atoms with Gasteiger partial charge in [0, 0.05) is 5.56 Å². The molecular formula is C28H29N5O15P4. The molecule has 52 heavy (non-hydrogen) atoms. The normalized spacial score (nSPS) is 26.3. The zero-order chi connectivity index (χ0) is 36.9. The number of benzene rings is 3. The average Bonchev–Trinajstić information content (AvgIpc) is 3.77. The van der Waals surface area contributed by atoms with E-state index in [1.807, 2.05) is 42.5 Å². The van der Waals surface area contributed by atoms with Gasteiger partial charge in [-0.05, 0) is 22.4 Å². The minimum Gasteiger partial charge on any atom is -0.382 e. The standard InChI is InChI=1S/C28H29N5O15P4/c29-25-22-26(31-15-30-25)33(16-32-22)27-24-23(44-28(45-24)20-11-10-18-8-4-5-9-19(18)12-20)21(43-27)13-42-50(36,37)47-52(40,41)48-51(38,39)46-49(34,35)14-17-6-2-1-3-7-17/h1-12,15-16,21,23-24,27-28H,13-14H2,(H,34,35)(H,36,37)(H,38,39)(H,40,41)(H2,29,30,31)/t21-,23+,24?,27-,28?/m1/s1. The Morgan fingerprint density at radius 1 is 0.750 bits per heavy atom. The van der Waals surface area contributed by atoms with Crippen molar-refractivity contribution in [3.8, 4) is 0 Å². The molecule has 9 atom stereocenters. The lowest BCUT2D eigenvalue weighted by molar-refractivity contribution is -0.152. The summed E-state index contributed by atoms with van der Waals surface area (Å²) in [6.45, 7) is -0.820. The van der Waals surface area contributed by atoms with E-state index in [4.69, 9.17) is 24.5 Å². The van der Waals surface area contributed by atoms with Crippen LogP contribution in [0, 0.1) is 0 Å². The second-order valence-electron chi connectivity index (χ2n) is 11.5. The summed E-state index contributed by atoms with van der Waals surface area (Å²) in [6, 6.07) is 20.7. The maximum absolute atomic E-state index is 12.8. The smallest absolute Gasteiger partial charge is 0.382 e. The highest BCUT2D eigenvalue weighted by atomic mass is 31.3. The molecule has 2 aliphatic heterocycles. The van der Waals surface area contributed by atoms with Gasteiger partial charge in [-0.3, -0.25) is 13.7 Å². The molecule has 2 aliphatic rings. The SMILES string of the molecule is Nc1ncnc2c1ncn2[C@@H]1O[C@H](COP(=O)(O)OP(=O)(O)OP(=O)(O)OP(=O)(O)Cc2ccccc2)[C@@H]2OC(c3ccc4ccccc4c3)OC21. The lowest BCUT2D eigenvalue weighted by atomic mass is 10.1. The third-order valence-electron chi connectivity index (χ3n) is 7.82. The predicted molar refractivity (Wildman–Crippen MR) is 179 cm³/mol. The topological polar surface area (TPSA) is 283 Å². The van der Waals surface area contributed by atoms with Gasteiger partial charge >= 0.3 is 31.1 Å². The van der Waals surface area contributed by atoms with Crippen LogP contribution in [0.2, 0.25) is 0 Å². The van der Waals surface area contributed by atoms with Crippen molar-refractivity contribution in [3.63, 3.8) is 0 Å². The van der Waals surface area contributed by atoms with Crippen LogP contribution in [0.25, 0.3) is 21.9 Å². The van der Waals surface area contributed by atoms with Gasteiger partial charge in [-0.15, -0.1) is 0 Å². The summed E-state index contributed by atoms with van der Waals surface area (Å²) in [5, 5.41) is 1.89. The third-order valence-corrected chi connectivity index (χ3v) is 14.2. The fraction of sp³-hybridized carbons (Fsp3) is 0.250. The maximum atomic E-state index is 12.8. The summed E-state index contributed by atoms with van der Waals surface area (Å²) < 4.78 is 87.7. The zero-order valence-electron chi connectivity index (χ0n) is 26.3. The van der Waals surface area contributed by atoms with Gasteiger partial charge in [-0.1, -0.05) is 66.7 Å². The lowest BCUT2D eigenvalue weighted by Crippen LogP contribution is -2.31. The van der Waals surface area contributed by atoms with Gasteiger partial charge in [0.15, 0.2) is 24.0 Å². The first kappa shape index (κ1) is 37.1. The quantitative estimate of drug-likeness (QED) is 0.101. The number of nitrogens with zero attached hydrogens (tertiary/aromatic N) is 4. The largest absolute Gasteiger partial charge is 0.490 e. The Hall–Kier alpha value is -3.25. The van der Waals surface area contributed by atoms with Gasteiger partial charge in [-0.2, -0.15) is 8.62 Å². The fourth-order valence-electron chi connectivity index (χ4n) is 5.75. The van der Waals surface area contributed by atoms with Crippen LogP contribution in [0.5, 0.6) is 0 Å². The Kier molecular flexibility index (Phi) is 10.1. The molecule has 20 nitrogen and oxygen atoms in total. The van der Waals surface area contributed by atoms with Crippen LogP contribution in [-0.4, -0.2) is 64.0 Å². The summed E-state index contributed by atoms with van der Waals surface area (Å²) in [6.07, 6.45) is -3.20. The Labute approximate surface area is 293 Å². The van der Waals surface area contributed by atoms with Gasteiger partial charge in [-0.25, -0.2) is 33.0 Å². The number of phosphoric ester groups is 1. The summed E-state index contributed by atoms with van der Waals surface area (Å²) in [7, 11) is -22.4. The molecule has 0 radical (unpaired) electrons. The van der Waals surface area contributed by atoms with Crippen molar-refractivity contribution in [1.29, 1.82) is 0 Å². The van der Waals surface area contributed by atoms with Gasteiger partial charge in [0.1, 0.15) is 30.2 Å². The monoisotopic (exact) mass is 799 g/mol. The minimum atomic E-state index is -5.99. The number of aromatic nitrogens is 4. The van der Waals surface area contributed by atoms with Crippen molar-refractivity contribution in [1.82, 2.24) is 19.5 Å². The number of nitrogen functional groups attached to an aromatic ring is 1.